The zero-order valence-electron chi connectivity index (χ0n) is 17.5. The molecule has 166 valence electrons. The van der Waals surface area contributed by atoms with Crippen LogP contribution in [0.25, 0.3) is 16.3 Å². The van der Waals surface area contributed by atoms with Crippen LogP contribution in [-0.2, 0) is 20.9 Å². The van der Waals surface area contributed by atoms with Crippen LogP contribution in [0.4, 0.5) is 5.69 Å². The Balaban J connectivity index is 1.98. The summed E-state index contributed by atoms with van der Waals surface area (Å²) in [5.41, 5.74) is 1.25. The molecule has 0 spiro atoms. The Bertz CT molecular complexity index is 1240. The van der Waals surface area contributed by atoms with Crippen LogP contribution < -0.4 is 9.54 Å². The van der Waals surface area contributed by atoms with E-state index in [2.05, 4.69) is 4.99 Å². The number of ether oxygens (including phenoxy) is 2. The number of carbonyl (C=O) groups excluding carboxylic acids is 2. The zero-order chi connectivity index (χ0) is 23.1. The van der Waals surface area contributed by atoms with E-state index in [1.54, 1.807) is 17.6 Å². The van der Waals surface area contributed by atoms with Crippen LogP contribution in [0, 0.1) is 10.1 Å². The molecule has 0 radical (unpaired) electrons. The van der Waals surface area contributed by atoms with Gasteiger partial charge in [-0.3, -0.25) is 19.7 Å². The second-order valence-electron chi connectivity index (χ2n) is 6.44. The number of esters is 1. The molecule has 0 saturated heterocycles. The van der Waals surface area contributed by atoms with Crippen LogP contribution in [0.5, 0.6) is 5.75 Å². The highest BCUT2D eigenvalue weighted by molar-refractivity contribution is 7.16. The molecular formula is C22H21N3O6S. The third-order valence-corrected chi connectivity index (χ3v) is 5.33. The van der Waals surface area contributed by atoms with E-state index in [1.807, 2.05) is 19.1 Å². The Kier molecular flexibility index (Phi) is 7.50. The van der Waals surface area contributed by atoms with Crippen LogP contribution in [0.1, 0.15) is 19.4 Å². The molecule has 1 heterocycles. The number of hydrogen-bond donors (Lipinski definition) is 0. The Morgan fingerprint density at radius 2 is 1.91 bits per heavy atom. The average Bonchev–Trinajstić information content (AvgIpc) is 3.10. The molecule has 3 aromatic rings. The molecule has 32 heavy (non-hydrogen) atoms. The first kappa shape index (κ1) is 22.9. The van der Waals surface area contributed by atoms with Gasteiger partial charge in [-0.2, -0.15) is 4.99 Å². The number of fused-ring (bicyclic) bond motifs is 1. The quantitative estimate of drug-likeness (QED) is 0.221. The van der Waals surface area contributed by atoms with Crippen LogP contribution >= 0.6 is 11.3 Å². The Morgan fingerprint density at radius 3 is 2.56 bits per heavy atom. The van der Waals surface area contributed by atoms with E-state index in [0.29, 0.717) is 28.2 Å². The minimum absolute atomic E-state index is 0.0338. The largest absolute Gasteiger partial charge is 0.492 e. The number of carbonyl (C=O) groups is 2. The first-order valence-electron chi connectivity index (χ1n) is 9.85. The van der Waals surface area contributed by atoms with Crippen molar-refractivity contribution in [1.82, 2.24) is 4.57 Å². The number of benzene rings is 2. The Hall–Kier alpha value is -3.79. The third-order valence-electron chi connectivity index (χ3n) is 4.28. The number of thiazole rings is 1. The maximum atomic E-state index is 12.5. The maximum Gasteiger partial charge on any atom is 0.326 e. The van der Waals surface area contributed by atoms with Crippen LogP contribution in [-0.4, -0.2) is 34.6 Å². The lowest BCUT2D eigenvalue weighted by atomic mass is 10.2. The number of hydrogen-bond acceptors (Lipinski definition) is 7. The molecule has 1 aromatic heterocycles. The van der Waals surface area contributed by atoms with Crippen molar-refractivity contribution >= 4 is 45.2 Å². The lowest BCUT2D eigenvalue weighted by Gasteiger charge is -2.09. The van der Waals surface area contributed by atoms with Gasteiger partial charge in [-0.1, -0.05) is 17.4 Å². The number of amides is 1. The molecule has 0 bridgehead atoms. The summed E-state index contributed by atoms with van der Waals surface area (Å²) in [4.78, 5) is 39.4. The lowest BCUT2D eigenvalue weighted by Crippen LogP contribution is -2.23. The summed E-state index contributed by atoms with van der Waals surface area (Å²) in [5, 5.41) is 10.7. The monoisotopic (exact) mass is 455 g/mol. The van der Waals surface area contributed by atoms with Gasteiger partial charge in [0.2, 0.25) is 0 Å². The minimum Gasteiger partial charge on any atom is -0.492 e. The number of para-hydroxylation sites is 1. The minimum atomic E-state index is -0.537. The lowest BCUT2D eigenvalue weighted by molar-refractivity contribution is -0.384. The molecular weight excluding hydrogens is 434 g/mol. The van der Waals surface area contributed by atoms with E-state index in [9.17, 15) is 19.7 Å². The molecule has 0 aliphatic heterocycles. The molecule has 10 heteroatoms. The highest BCUT2D eigenvalue weighted by Crippen LogP contribution is 2.27. The van der Waals surface area contributed by atoms with E-state index in [-0.39, 0.29) is 18.8 Å². The molecule has 0 atom stereocenters. The summed E-state index contributed by atoms with van der Waals surface area (Å²) in [5.74, 6) is -0.403. The number of rotatable bonds is 8. The topological polar surface area (TPSA) is 113 Å². The fourth-order valence-electron chi connectivity index (χ4n) is 2.94. The van der Waals surface area contributed by atoms with Gasteiger partial charge >= 0.3 is 5.97 Å². The molecule has 9 nitrogen and oxygen atoms in total. The summed E-state index contributed by atoms with van der Waals surface area (Å²) in [7, 11) is 0. The summed E-state index contributed by atoms with van der Waals surface area (Å²) in [6.45, 7) is 4.15. The first-order chi connectivity index (χ1) is 15.4. The van der Waals surface area contributed by atoms with Gasteiger partial charge < -0.3 is 14.0 Å². The van der Waals surface area contributed by atoms with Gasteiger partial charge in [-0.25, -0.2) is 0 Å². The summed E-state index contributed by atoms with van der Waals surface area (Å²) >= 11 is 1.26. The van der Waals surface area contributed by atoms with Crippen molar-refractivity contribution in [1.29, 1.82) is 0 Å². The summed E-state index contributed by atoms with van der Waals surface area (Å²) in [6, 6.07) is 11.3. The SMILES string of the molecule is CCOC(=O)Cn1c(=NC(=O)C=Cc2ccc([N+](=O)[O-])cc2)sc2cccc(OCC)c21. The molecule has 0 aliphatic carbocycles. The van der Waals surface area contributed by atoms with E-state index >= 15 is 0 Å². The third kappa shape index (κ3) is 5.46. The summed E-state index contributed by atoms with van der Waals surface area (Å²) in [6.07, 6.45) is 2.79. The molecule has 0 fully saturated rings. The van der Waals surface area contributed by atoms with E-state index in [1.165, 1.54) is 47.8 Å². The van der Waals surface area contributed by atoms with Crippen LogP contribution in [0.2, 0.25) is 0 Å². The number of nitro benzene ring substituents is 1. The average molecular weight is 455 g/mol. The second-order valence-corrected chi connectivity index (χ2v) is 7.45. The molecule has 0 aliphatic rings. The van der Waals surface area contributed by atoms with E-state index < -0.39 is 16.8 Å². The smallest absolute Gasteiger partial charge is 0.326 e. The zero-order valence-corrected chi connectivity index (χ0v) is 18.3. The fraction of sp³-hybridized carbons (Fsp3) is 0.227. The van der Waals surface area contributed by atoms with Crippen molar-refractivity contribution in [3.05, 3.63) is 69.0 Å². The van der Waals surface area contributed by atoms with Crippen molar-refractivity contribution in [3.8, 4) is 5.75 Å². The number of aromatic nitrogens is 1. The van der Waals surface area contributed by atoms with Gasteiger partial charge in [0.15, 0.2) is 4.80 Å². The first-order valence-corrected chi connectivity index (χ1v) is 10.7. The van der Waals surface area contributed by atoms with Crippen molar-refractivity contribution in [2.24, 2.45) is 4.99 Å². The predicted octanol–water partition coefficient (Wildman–Crippen LogP) is 3.71. The highest BCUT2D eigenvalue weighted by Gasteiger charge is 2.15. The fourth-order valence-corrected chi connectivity index (χ4v) is 4.00. The molecule has 1 amide bonds. The van der Waals surface area contributed by atoms with Gasteiger partial charge in [-0.15, -0.1) is 0 Å². The van der Waals surface area contributed by atoms with Crippen molar-refractivity contribution in [2.75, 3.05) is 13.2 Å². The van der Waals surface area contributed by atoms with Crippen molar-refractivity contribution in [3.63, 3.8) is 0 Å². The van der Waals surface area contributed by atoms with E-state index in [0.717, 1.165) is 4.70 Å². The predicted molar refractivity (Wildman–Crippen MR) is 120 cm³/mol. The number of non-ortho nitro benzene ring substituents is 1. The van der Waals surface area contributed by atoms with Crippen molar-refractivity contribution in [2.45, 2.75) is 20.4 Å². The van der Waals surface area contributed by atoms with Crippen molar-refractivity contribution < 1.29 is 24.0 Å². The molecule has 2 aromatic carbocycles. The standard InChI is InChI=1S/C22H21N3O6S/c1-3-30-17-6-5-7-18-21(17)24(14-20(27)31-4-2)22(32-18)23-19(26)13-10-15-8-11-16(12-9-15)25(28)29/h5-13H,3-4,14H2,1-2H3. The Morgan fingerprint density at radius 1 is 1.16 bits per heavy atom. The van der Waals surface area contributed by atoms with Gasteiger partial charge in [0, 0.05) is 18.2 Å². The normalized spacial score (nSPS) is 11.8. The van der Waals surface area contributed by atoms with Gasteiger partial charge in [0.05, 0.1) is 22.8 Å². The van der Waals surface area contributed by atoms with Gasteiger partial charge in [0.25, 0.3) is 11.6 Å². The highest BCUT2D eigenvalue weighted by atomic mass is 32.1. The van der Waals surface area contributed by atoms with Gasteiger partial charge in [-0.05, 0) is 49.8 Å². The Labute approximate surface area is 187 Å². The number of nitro groups is 1. The van der Waals surface area contributed by atoms with Crippen LogP contribution in [0.3, 0.4) is 0 Å². The molecule has 0 saturated carbocycles. The molecule has 3 rings (SSSR count). The van der Waals surface area contributed by atoms with E-state index in [4.69, 9.17) is 9.47 Å². The molecule has 0 N–H and O–H groups in total. The maximum absolute atomic E-state index is 12.5. The van der Waals surface area contributed by atoms with Gasteiger partial charge in [0.1, 0.15) is 17.8 Å². The van der Waals surface area contributed by atoms with Crippen LogP contribution in [0.15, 0.2) is 53.5 Å². The number of nitrogens with zero attached hydrogens (tertiary/aromatic N) is 3. The second kappa shape index (κ2) is 10.5. The molecule has 0 unspecified atom stereocenters. The summed E-state index contributed by atoms with van der Waals surface area (Å²) < 4.78 is 13.2.